The van der Waals surface area contributed by atoms with Crippen LogP contribution in [0.3, 0.4) is 0 Å². The highest BCUT2D eigenvalue weighted by atomic mass is 79.9. The minimum atomic E-state index is -0.594. The Balaban J connectivity index is 2.14. The summed E-state index contributed by atoms with van der Waals surface area (Å²) in [6.45, 7) is 3.81. The van der Waals surface area contributed by atoms with Crippen LogP contribution in [0.15, 0.2) is 18.2 Å². The van der Waals surface area contributed by atoms with E-state index in [2.05, 4.69) is 21.2 Å². The Labute approximate surface area is 102 Å². The van der Waals surface area contributed by atoms with Crippen molar-refractivity contribution in [2.45, 2.75) is 18.2 Å². The average Bonchev–Trinajstić information content (AvgIpc) is 2.63. The van der Waals surface area contributed by atoms with Gasteiger partial charge in [0.1, 0.15) is 0 Å². The molecule has 1 heterocycles. The van der Waals surface area contributed by atoms with Crippen molar-refractivity contribution >= 4 is 27.5 Å². The van der Waals surface area contributed by atoms with Crippen LogP contribution in [0, 0.1) is 0 Å². The first kappa shape index (κ1) is 11.3. The van der Waals surface area contributed by atoms with Gasteiger partial charge in [0.05, 0.1) is 4.32 Å². The van der Waals surface area contributed by atoms with Gasteiger partial charge in [0, 0.05) is 11.8 Å². The maximum absolute atomic E-state index is 11.7. The molecule has 1 aromatic carbocycles. The van der Waals surface area contributed by atoms with E-state index in [1.807, 2.05) is 0 Å². The Morgan fingerprint density at radius 3 is 2.75 bits per heavy atom. The van der Waals surface area contributed by atoms with E-state index in [1.54, 1.807) is 32.0 Å². The number of benzene rings is 1. The molecule has 0 atom stereocenters. The summed E-state index contributed by atoms with van der Waals surface area (Å²) < 4.78 is 9.81. The second kappa shape index (κ2) is 3.97. The predicted octanol–water partition coefficient (Wildman–Crippen LogP) is 2.53. The molecule has 1 aliphatic rings. The Kier molecular flexibility index (Phi) is 2.80. The first-order chi connectivity index (χ1) is 7.47. The molecule has 0 aromatic heterocycles. The molecular weight excluding hydrogens is 274 g/mol. The first-order valence-electron chi connectivity index (χ1n) is 4.87. The van der Waals surface area contributed by atoms with Crippen LogP contribution in [0.2, 0.25) is 0 Å². The fourth-order valence-corrected chi connectivity index (χ4v) is 1.35. The zero-order chi connectivity index (χ0) is 11.8. The molecule has 0 saturated heterocycles. The van der Waals surface area contributed by atoms with Crippen LogP contribution in [0.25, 0.3) is 0 Å². The van der Waals surface area contributed by atoms with E-state index >= 15 is 0 Å². The molecule has 0 fully saturated rings. The first-order valence-corrected chi connectivity index (χ1v) is 5.66. The lowest BCUT2D eigenvalue weighted by molar-refractivity contribution is -0.117. The third-order valence-electron chi connectivity index (χ3n) is 2.17. The zero-order valence-electron chi connectivity index (χ0n) is 9.04. The van der Waals surface area contributed by atoms with Crippen LogP contribution >= 0.6 is 15.9 Å². The number of carbonyl (C=O) groups is 1. The quantitative estimate of drug-likeness (QED) is 0.850. The highest BCUT2D eigenvalue weighted by Crippen LogP contribution is 2.34. The minimum absolute atomic E-state index is 0.105. The van der Waals surface area contributed by atoms with Gasteiger partial charge in [-0.25, -0.2) is 0 Å². The van der Waals surface area contributed by atoms with Gasteiger partial charge in [-0.1, -0.05) is 15.9 Å². The van der Waals surface area contributed by atoms with Gasteiger partial charge >= 0.3 is 0 Å². The van der Waals surface area contributed by atoms with Crippen LogP contribution < -0.4 is 14.8 Å². The van der Waals surface area contributed by atoms with Gasteiger partial charge in [0.2, 0.25) is 12.7 Å². The minimum Gasteiger partial charge on any atom is -0.454 e. The second-order valence-electron chi connectivity index (χ2n) is 3.99. The van der Waals surface area contributed by atoms with Crippen LogP contribution in [0.1, 0.15) is 13.8 Å². The number of amides is 1. The number of rotatable bonds is 2. The summed E-state index contributed by atoms with van der Waals surface area (Å²) >= 11 is 3.30. The van der Waals surface area contributed by atoms with Crippen molar-refractivity contribution in [2.24, 2.45) is 0 Å². The molecule has 4 nitrogen and oxygen atoms in total. The summed E-state index contributed by atoms with van der Waals surface area (Å²) in [7, 11) is 0. The Morgan fingerprint density at radius 1 is 1.38 bits per heavy atom. The van der Waals surface area contributed by atoms with Crippen molar-refractivity contribution in [3.8, 4) is 11.5 Å². The van der Waals surface area contributed by atoms with Crippen LogP contribution in [0.5, 0.6) is 11.5 Å². The van der Waals surface area contributed by atoms with E-state index in [4.69, 9.17) is 9.47 Å². The number of alkyl halides is 1. The molecule has 1 aromatic rings. The lowest BCUT2D eigenvalue weighted by Gasteiger charge is -2.15. The summed E-state index contributed by atoms with van der Waals surface area (Å²) in [6, 6.07) is 5.31. The summed E-state index contributed by atoms with van der Waals surface area (Å²) in [5.74, 6) is 1.26. The largest absolute Gasteiger partial charge is 0.454 e. The van der Waals surface area contributed by atoms with E-state index in [0.29, 0.717) is 17.2 Å². The molecule has 0 spiro atoms. The van der Waals surface area contributed by atoms with Gasteiger partial charge in [0.15, 0.2) is 11.5 Å². The zero-order valence-corrected chi connectivity index (χ0v) is 10.6. The molecule has 1 aliphatic heterocycles. The van der Waals surface area contributed by atoms with Gasteiger partial charge < -0.3 is 14.8 Å². The highest BCUT2D eigenvalue weighted by Gasteiger charge is 2.24. The summed E-state index contributed by atoms with van der Waals surface area (Å²) in [5.41, 5.74) is 0.696. The molecular formula is C11H12BrNO3. The average molecular weight is 286 g/mol. The fraction of sp³-hybridized carbons (Fsp3) is 0.364. The van der Waals surface area contributed by atoms with Crippen molar-refractivity contribution in [1.29, 1.82) is 0 Å². The number of hydrogen-bond acceptors (Lipinski definition) is 3. The Morgan fingerprint density at radius 2 is 2.06 bits per heavy atom. The fourth-order valence-electron chi connectivity index (χ4n) is 1.25. The molecule has 0 bridgehead atoms. The maximum atomic E-state index is 11.7. The predicted molar refractivity (Wildman–Crippen MR) is 64.2 cm³/mol. The van der Waals surface area contributed by atoms with Gasteiger partial charge in [-0.2, -0.15) is 0 Å². The third kappa shape index (κ3) is 2.29. The SMILES string of the molecule is CC(C)(Br)C(=O)Nc1ccc2c(c1)OCO2. The molecule has 0 unspecified atom stereocenters. The van der Waals surface area contributed by atoms with Crippen molar-refractivity contribution < 1.29 is 14.3 Å². The molecule has 1 amide bonds. The Hall–Kier alpha value is -1.23. The lowest BCUT2D eigenvalue weighted by atomic mass is 10.2. The Bertz CT molecular complexity index is 426. The van der Waals surface area contributed by atoms with Crippen molar-refractivity contribution in [2.75, 3.05) is 12.1 Å². The number of nitrogens with one attached hydrogen (secondary N) is 1. The smallest absolute Gasteiger partial charge is 0.240 e. The van der Waals surface area contributed by atoms with E-state index < -0.39 is 4.32 Å². The van der Waals surface area contributed by atoms with E-state index in [9.17, 15) is 4.79 Å². The molecule has 2 rings (SSSR count). The van der Waals surface area contributed by atoms with Crippen molar-refractivity contribution in [3.05, 3.63) is 18.2 Å². The summed E-state index contributed by atoms with van der Waals surface area (Å²) in [5, 5.41) is 2.79. The standard InChI is InChI=1S/C11H12BrNO3/c1-11(2,12)10(14)13-7-3-4-8-9(5-7)16-6-15-8/h3-5H,6H2,1-2H3,(H,13,14). The number of ether oxygens (including phenoxy) is 2. The van der Waals surface area contributed by atoms with Gasteiger partial charge in [-0.3, -0.25) is 4.79 Å². The van der Waals surface area contributed by atoms with Crippen LogP contribution in [-0.4, -0.2) is 17.0 Å². The normalized spacial score (nSPS) is 13.7. The number of fused-ring (bicyclic) bond motifs is 1. The van der Waals surface area contributed by atoms with Gasteiger partial charge in [-0.15, -0.1) is 0 Å². The maximum Gasteiger partial charge on any atom is 0.240 e. The lowest BCUT2D eigenvalue weighted by Crippen LogP contribution is -2.30. The second-order valence-corrected chi connectivity index (χ2v) is 5.98. The van der Waals surface area contributed by atoms with Crippen molar-refractivity contribution in [1.82, 2.24) is 0 Å². The summed E-state index contributed by atoms with van der Waals surface area (Å²) in [4.78, 5) is 11.7. The number of hydrogen-bond donors (Lipinski definition) is 1. The highest BCUT2D eigenvalue weighted by molar-refractivity contribution is 9.10. The van der Waals surface area contributed by atoms with E-state index in [1.165, 1.54) is 0 Å². The molecule has 0 saturated carbocycles. The molecule has 0 radical (unpaired) electrons. The van der Waals surface area contributed by atoms with Crippen molar-refractivity contribution in [3.63, 3.8) is 0 Å². The van der Waals surface area contributed by atoms with E-state index in [-0.39, 0.29) is 12.7 Å². The number of halogens is 1. The molecule has 16 heavy (non-hydrogen) atoms. The topological polar surface area (TPSA) is 47.6 Å². The third-order valence-corrected chi connectivity index (χ3v) is 2.53. The van der Waals surface area contributed by atoms with Gasteiger partial charge in [0.25, 0.3) is 0 Å². The molecule has 5 heteroatoms. The monoisotopic (exact) mass is 285 g/mol. The number of anilines is 1. The number of carbonyl (C=O) groups excluding carboxylic acids is 1. The van der Waals surface area contributed by atoms with E-state index in [0.717, 1.165) is 0 Å². The van der Waals surface area contributed by atoms with Gasteiger partial charge in [-0.05, 0) is 26.0 Å². The van der Waals surface area contributed by atoms with Crippen LogP contribution in [0.4, 0.5) is 5.69 Å². The molecule has 1 N–H and O–H groups in total. The van der Waals surface area contributed by atoms with Crippen LogP contribution in [-0.2, 0) is 4.79 Å². The summed E-state index contributed by atoms with van der Waals surface area (Å²) in [6.07, 6.45) is 0. The molecule has 0 aliphatic carbocycles. The molecule has 86 valence electrons.